The van der Waals surface area contributed by atoms with Crippen molar-refractivity contribution in [2.75, 3.05) is 13.1 Å². The van der Waals surface area contributed by atoms with E-state index in [1.807, 2.05) is 0 Å². The van der Waals surface area contributed by atoms with Crippen molar-refractivity contribution in [3.8, 4) is 0 Å². The van der Waals surface area contributed by atoms with Gasteiger partial charge in [0.15, 0.2) is 5.81 Å². The molecule has 1 amide bonds. The Bertz CT molecular complexity index is 188. The van der Waals surface area contributed by atoms with Gasteiger partial charge in [-0.25, -0.2) is 0 Å². The molecule has 0 aromatic rings. The fraction of sp³-hybridized carbons (Fsp3) is 0.714. The zero-order valence-electron chi connectivity index (χ0n) is 6.81. The highest BCUT2D eigenvalue weighted by atomic mass is 16.4. The van der Waals surface area contributed by atoms with Gasteiger partial charge in [-0.05, 0) is 12.8 Å². The number of hydrogen-bond donors (Lipinski definition) is 1. The van der Waals surface area contributed by atoms with Gasteiger partial charge in [-0.1, -0.05) is 0 Å². The van der Waals surface area contributed by atoms with Crippen LogP contribution < -0.4 is 0 Å². The molecule has 12 heavy (non-hydrogen) atoms. The number of amides is 1. The molecule has 0 bridgehead atoms. The lowest BCUT2D eigenvalue weighted by molar-refractivity contribution is 0.203. The standard InChI is InChI=1S/C7H11BN2O2/c8-7(11)10-3-1-6(2-4-10)5-9-12/h5-6,12H,1-4H2/b9-5+. The molecular weight excluding hydrogens is 155 g/mol. The summed E-state index contributed by atoms with van der Waals surface area (Å²) in [5.41, 5.74) is 0. The summed E-state index contributed by atoms with van der Waals surface area (Å²) < 4.78 is 0. The Hall–Kier alpha value is -0.995. The molecule has 1 rings (SSSR count). The number of hydrogen-bond acceptors (Lipinski definition) is 3. The molecule has 0 aromatic heterocycles. The Morgan fingerprint density at radius 1 is 1.58 bits per heavy atom. The van der Waals surface area contributed by atoms with E-state index in [2.05, 4.69) is 5.16 Å². The van der Waals surface area contributed by atoms with Crippen molar-refractivity contribution in [2.24, 2.45) is 11.1 Å². The summed E-state index contributed by atoms with van der Waals surface area (Å²) in [5, 5.41) is 11.2. The van der Waals surface area contributed by atoms with Crippen LogP contribution in [0.4, 0.5) is 4.79 Å². The number of oxime groups is 1. The molecule has 1 heterocycles. The first kappa shape index (κ1) is 9.10. The molecule has 2 radical (unpaired) electrons. The number of nitrogens with zero attached hydrogens (tertiary/aromatic N) is 2. The average molecular weight is 166 g/mol. The maximum absolute atomic E-state index is 10.7. The minimum Gasteiger partial charge on any atom is -0.411 e. The molecule has 64 valence electrons. The predicted octanol–water partition coefficient (Wildman–Crippen LogP) is 0.447. The number of carbonyl (C=O) groups is 1. The number of carbonyl (C=O) groups excluding carboxylic acids is 1. The minimum absolute atomic E-state index is 0.283. The maximum atomic E-state index is 10.7. The Kier molecular flexibility index (Phi) is 3.14. The van der Waals surface area contributed by atoms with Crippen molar-refractivity contribution in [1.29, 1.82) is 0 Å². The molecule has 0 aromatic carbocycles. The lowest BCUT2D eigenvalue weighted by atomic mass is 9.96. The Morgan fingerprint density at radius 3 is 2.58 bits per heavy atom. The molecule has 0 unspecified atom stereocenters. The summed E-state index contributed by atoms with van der Waals surface area (Å²) in [6, 6.07) is 0. The van der Waals surface area contributed by atoms with Crippen LogP contribution in [0.2, 0.25) is 0 Å². The first-order valence-corrected chi connectivity index (χ1v) is 3.96. The molecule has 1 aliphatic rings. The third-order valence-electron chi connectivity index (χ3n) is 2.13. The second kappa shape index (κ2) is 4.14. The molecule has 1 fully saturated rings. The van der Waals surface area contributed by atoms with Crippen LogP contribution in [0.15, 0.2) is 5.16 Å². The zero-order valence-corrected chi connectivity index (χ0v) is 6.81. The third kappa shape index (κ3) is 2.25. The number of piperidine rings is 1. The van der Waals surface area contributed by atoms with Crippen molar-refractivity contribution >= 4 is 19.9 Å². The van der Waals surface area contributed by atoms with Crippen molar-refractivity contribution < 1.29 is 10.0 Å². The van der Waals surface area contributed by atoms with Gasteiger partial charge in [0.1, 0.15) is 0 Å². The van der Waals surface area contributed by atoms with Gasteiger partial charge in [0.2, 0.25) is 7.85 Å². The second-order valence-corrected chi connectivity index (χ2v) is 2.93. The highest BCUT2D eigenvalue weighted by Gasteiger charge is 2.18. The van der Waals surface area contributed by atoms with E-state index in [1.54, 1.807) is 4.90 Å². The SMILES string of the molecule is [B]C(=O)N1CCC(/C=N/O)CC1. The van der Waals surface area contributed by atoms with E-state index >= 15 is 0 Å². The van der Waals surface area contributed by atoms with E-state index in [0.29, 0.717) is 13.1 Å². The molecule has 0 aliphatic carbocycles. The van der Waals surface area contributed by atoms with Gasteiger partial charge in [0.25, 0.3) is 0 Å². The summed E-state index contributed by atoms with van der Waals surface area (Å²) in [4.78, 5) is 12.3. The van der Waals surface area contributed by atoms with E-state index in [4.69, 9.17) is 13.1 Å². The van der Waals surface area contributed by atoms with Crippen LogP contribution in [-0.2, 0) is 0 Å². The van der Waals surface area contributed by atoms with Crippen LogP contribution in [0, 0.1) is 5.92 Å². The van der Waals surface area contributed by atoms with Crippen LogP contribution in [0.3, 0.4) is 0 Å². The molecule has 5 heteroatoms. The maximum Gasteiger partial charge on any atom is 0.200 e. The minimum atomic E-state index is -0.366. The first-order valence-electron chi connectivity index (χ1n) is 3.96. The van der Waals surface area contributed by atoms with Gasteiger partial charge in [0, 0.05) is 25.2 Å². The van der Waals surface area contributed by atoms with Crippen molar-refractivity contribution in [3.63, 3.8) is 0 Å². The fourth-order valence-electron chi connectivity index (χ4n) is 1.36. The van der Waals surface area contributed by atoms with Gasteiger partial charge >= 0.3 is 0 Å². The molecule has 1 aliphatic heterocycles. The lowest BCUT2D eigenvalue weighted by Crippen LogP contribution is -2.38. The van der Waals surface area contributed by atoms with Gasteiger partial charge in [-0.2, -0.15) is 0 Å². The molecule has 0 atom stereocenters. The Balaban J connectivity index is 2.34. The van der Waals surface area contributed by atoms with Gasteiger partial charge in [-0.15, -0.1) is 5.16 Å². The topological polar surface area (TPSA) is 52.9 Å². The monoisotopic (exact) mass is 166 g/mol. The van der Waals surface area contributed by atoms with E-state index in [9.17, 15) is 4.79 Å². The van der Waals surface area contributed by atoms with Crippen LogP contribution in [-0.4, -0.2) is 43.1 Å². The van der Waals surface area contributed by atoms with Crippen LogP contribution in [0.25, 0.3) is 0 Å². The summed E-state index contributed by atoms with van der Waals surface area (Å²) >= 11 is 0. The molecular formula is C7H11BN2O2. The summed E-state index contributed by atoms with van der Waals surface area (Å²) in [5.74, 6) is -0.0833. The molecule has 1 N–H and O–H groups in total. The lowest BCUT2D eigenvalue weighted by Gasteiger charge is -2.29. The highest BCUT2D eigenvalue weighted by molar-refractivity contribution is 6.56. The van der Waals surface area contributed by atoms with Crippen LogP contribution in [0.5, 0.6) is 0 Å². The molecule has 4 nitrogen and oxygen atoms in total. The predicted molar refractivity (Wildman–Crippen MR) is 45.7 cm³/mol. The smallest absolute Gasteiger partial charge is 0.200 e. The van der Waals surface area contributed by atoms with Crippen LogP contribution in [0.1, 0.15) is 12.8 Å². The van der Waals surface area contributed by atoms with Gasteiger partial charge < -0.3 is 10.1 Å². The second-order valence-electron chi connectivity index (χ2n) is 2.93. The molecule has 0 saturated carbocycles. The van der Waals surface area contributed by atoms with E-state index in [-0.39, 0.29) is 11.7 Å². The summed E-state index contributed by atoms with van der Waals surface area (Å²) in [6.45, 7) is 1.32. The normalized spacial score (nSPS) is 20.2. The van der Waals surface area contributed by atoms with E-state index in [1.165, 1.54) is 6.21 Å². The van der Waals surface area contributed by atoms with Crippen molar-refractivity contribution in [2.45, 2.75) is 12.8 Å². The Morgan fingerprint density at radius 2 is 2.17 bits per heavy atom. The van der Waals surface area contributed by atoms with E-state index < -0.39 is 0 Å². The van der Waals surface area contributed by atoms with Crippen molar-refractivity contribution in [1.82, 2.24) is 4.90 Å². The largest absolute Gasteiger partial charge is 0.411 e. The molecule has 0 spiro atoms. The number of rotatable bonds is 1. The summed E-state index contributed by atoms with van der Waals surface area (Å²) in [6.07, 6.45) is 3.17. The zero-order chi connectivity index (χ0) is 8.97. The number of likely N-dealkylation sites (tertiary alicyclic amines) is 1. The van der Waals surface area contributed by atoms with Crippen LogP contribution >= 0.6 is 0 Å². The fourth-order valence-corrected chi connectivity index (χ4v) is 1.36. The third-order valence-corrected chi connectivity index (χ3v) is 2.13. The van der Waals surface area contributed by atoms with E-state index in [0.717, 1.165) is 12.8 Å². The first-order chi connectivity index (χ1) is 5.74. The van der Waals surface area contributed by atoms with Crippen molar-refractivity contribution in [3.05, 3.63) is 0 Å². The average Bonchev–Trinajstić information content (AvgIpc) is 2.06. The molecule has 1 saturated heterocycles. The Labute approximate surface area is 72.6 Å². The summed E-state index contributed by atoms with van der Waals surface area (Å²) in [7, 11) is 5.09. The van der Waals surface area contributed by atoms with Gasteiger partial charge in [0.05, 0.1) is 0 Å². The highest BCUT2D eigenvalue weighted by Crippen LogP contribution is 2.14. The van der Waals surface area contributed by atoms with Gasteiger partial charge in [-0.3, -0.25) is 4.79 Å². The quantitative estimate of drug-likeness (QED) is 0.266.